The van der Waals surface area contributed by atoms with Crippen LogP contribution in [0, 0.1) is 6.92 Å². The van der Waals surface area contributed by atoms with Gasteiger partial charge in [-0.15, -0.1) is 11.3 Å². The lowest BCUT2D eigenvalue weighted by molar-refractivity contribution is 1.09. The van der Waals surface area contributed by atoms with Crippen LogP contribution in [0.3, 0.4) is 0 Å². The van der Waals surface area contributed by atoms with Crippen molar-refractivity contribution >= 4 is 33.4 Å². The van der Waals surface area contributed by atoms with E-state index in [1.807, 2.05) is 30.6 Å². The number of nitrogens with zero attached hydrogens (tertiary/aromatic N) is 4. The molecule has 5 heterocycles. The lowest BCUT2D eigenvalue weighted by Gasteiger charge is -2.04. The molecule has 0 aliphatic carbocycles. The summed E-state index contributed by atoms with van der Waals surface area (Å²) in [5.41, 5.74) is 7.76. The van der Waals surface area contributed by atoms with Crippen molar-refractivity contribution in [2.75, 3.05) is 0 Å². The second kappa shape index (κ2) is 6.60. The molecule has 144 valence electrons. The molecule has 0 amide bonds. The third-order valence-electron chi connectivity index (χ3n) is 5.29. The molecule has 6 nitrogen and oxygen atoms in total. The first-order chi connectivity index (χ1) is 14.8. The van der Waals surface area contributed by atoms with Crippen LogP contribution in [-0.2, 0) is 0 Å². The first-order valence-corrected chi connectivity index (χ1v) is 10.4. The minimum absolute atomic E-state index is 0.724. The van der Waals surface area contributed by atoms with Crippen molar-refractivity contribution in [2.24, 2.45) is 0 Å². The molecule has 1 aromatic carbocycles. The monoisotopic (exact) mass is 408 g/mol. The van der Waals surface area contributed by atoms with Gasteiger partial charge in [0.15, 0.2) is 11.5 Å². The quantitative estimate of drug-likeness (QED) is 0.399. The average Bonchev–Trinajstić information content (AvgIpc) is 3.51. The van der Waals surface area contributed by atoms with Gasteiger partial charge in [-0.05, 0) is 42.1 Å². The van der Waals surface area contributed by atoms with Crippen LogP contribution in [-0.4, -0.2) is 30.1 Å². The standard InChI is InChI=1S/C23H16N6S/c1-13-7-8-24-12-17(13)14-10-16-21(28-29-22(16)25-11-14)23-26-18-5-2-4-15(20(18)27-23)19-6-3-9-30-19/h2-12H,1H3,(H,26,27)(H,25,28,29). The summed E-state index contributed by atoms with van der Waals surface area (Å²) in [4.78, 5) is 18.4. The highest BCUT2D eigenvalue weighted by Crippen LogP contribution is 2.34. The van der Waals surface area contributed by atoms with E-state index in [2.05, 4.69) is 61.7 Å². The van der Waals surface area contributed by atoms with Crippen LogP contribution in [0.4, 0.5) is 0 Å². The number of rotatable bonds is 3. The molecule has 0 radical (unpaired) electrons. The van der Waals surface area contributed by atoms with E-state index in [-0.39, 0.29) is 0 Å². The number of benzene rings is 1. The first kappa shape index (κ1) is 17.1. The van der Waals surface area contributed by atoms with Crippen LogP contribution >= 0.6 is 11.3 Å². The summed E-state index contributed by atoms with van der Waals surface area (Å²) in [5, 5.41) is 10.6. The number of aryl methyl sites for hydroxylation is 1. The fourth-order valence-corrected chi connectivity index (χ4v) is 4.52. The molecule has 7 heteroatoms. The van der Waals surface area contributed by atoms with Gasteiger partial charge in [-0.3, -0.25) is 10.1 Å². The van der Waals surface area contributed by atoms with E-state index in [9.17, 15) is 0 Å². The molecule has 0 saturated heterocycles. The van der Waals surface area contributed by atoms with Crippen LogP contribution in [0.1, 0.15) is 5.56 Å². The molecule has 5 aromatic heterocycles. The van der Waals surface area contributed by atoms with Gasteiger partial charge in [-0.2, -0.15) is 5.10 Å². The predicted molar refractivity (Wildman–Crippen MR) is 120 cm³/mol. The van der Waals surface area contributed by atoms with E-state index < -0.39 is 0 Å². The summed E-state index contributed by atoms with van der Waals surface area (Å²) in [6, 6.07) is 14.5. The van der Waals surface area contributed by atoms with Crippen molar-refractivity contribution in [3.63, 3.8) is 0 Å². The Morgan fingerprint density at radius 1 is 1.00 bits per heavy atom. The summed E-state index contributed by atoms with van der Waals surface area (Å²) < 4.78 is 0. The van der Waals surface area contributed by atoms with Gasteiger partial charge in [0.1, 0.15) is 5.69 Å². The third-order valence-corrected chi connectivity index (χ3v) is 6.19. The SMILES string of the molecule is Cc1ccncc1-c1cnc2[nH]nc(-c3nc4c(-c5cccs5)cccc4[nH]3)c2c1. The molecule has 2 N–H and O–H groups in total. The van der Waals surface area contributed by atoms with Crippen molar-refractivity contribution in [1.82, 2.24) is 30.1 Å². The van der Waals surface area contributed by atoms with E-state index in [0.29, 0.717) is 0 Å². The van der Waals surface area contributed by atoms with Gasteiger partial charge in [-0.1, -0.05) is 18.2 Å². The molecule has 0 aliphatic rings. The Balaban J connectivity index is 1.53. The highest BCUT2D eigenvalue weighted by molar-refractivity contribution is 7.13. The van der Waals surface area contributed by atoms with Gasteiger partial charge in [-0.25, -0.2) is 9.97 Å². The number of aromatic nitrogens is 6. The average molecular weight is 408 g/mol. The number of para-hydroxylation sites is 1. The van der Waals surface area contributed by atoms with Gasteiger partial charge < -0.3 is 4.98 Å². The number of imidazole rings is 1. The molecule has 0 unspecified atom stereocenters. The summed E-state index contributed by atoms with van der Waals surface area (Å²) in [5.74, 6) is 0.724. The number of H-pyrrole nitrogens is 2. The Hall–Kier alpha value is -3.84. The molecule has 6 rings (SSSR count). The molecule has 0 saturated carbocycles. The Morgan fingerprint density at radius 2 is 1.97 bits per heavy atom. The van der Waals surface area contributed by atoms with E-state index in [1.165, 1.54) is 4.88 Å². The van der Waals surface area contributed by atoms with Gasteiger partial charge in [0, 0.05) is 40.2 Å². The maximum atomic E-state index is 4.91. The Kier molecular flexibility index (Phi) is 3.75. The zero-order chi connectivity index (χ0) is 20.1. The highest BCUT2D eigenvalue weighted by atomic mass is 32.1. The van der Waals surface area contributed by atoms with Crippen LogP contribution in [0.25, 0.3) is 55.2 Å². The minimum Gasteiger partial charge on any atom is -0.337 e. The van der Waals surface area contributed by atoms with Crippen molar-refractivity contribution in [3.8, 4) is 33.1 Å². The van der Waals surface area contributed by atoms with Crippen molar-refractivity contribution in [3.05, 3.63) is 72.0 Å². The Labute approximate surface area is 175 Å². The molecule has 0 bridgehead atoms. The minimum atomic E-state index is 0.724. The van der Waals surface area contributed by atoms with Crippen LogP contribution < -0.4 is 0 Å². The largest absolute Gasteiger partial charge is 0.337 e. The van der Waals surface area contributed by atoms with Crippen LogP contribution in [0.2, 0.25) is 0 Å². The Bertz CT molecular complexity index is 1510. The molecule has 0 aliphatic heterocycles. The molecular formula is C23H16N6S. The summed E-state index contributed by atoms with van der Waals surface area (Å²) in [6.07, 6.45) is 5.52. The van der Waals surface area contributed by atoms with Crippen molar-refractivity contribution in [1.29, 1.82) is 0 Å². The predicted octanol–water partition coefficient (Wildman–Crippen LogP) is 5.60. The summed E-state index contributed by atoms with van der Waals surface area (Å²) >= 11 is 1.71. The number of fused-ring (bicyclic) bond motifs is 2. The van der Waals surface area contributed by atoms with Gasteiger partial charge in [0.2, 0.25) is 0 Å². The first-order valence-electron chi connectivity index (χ1n) is 9.56. The van der Waals surface area contributed by atoms with Crippen molar-refractivity contribution < 1.29 is 0 Å². The highest BCUT2D eigenvalue weighted by Gasteiger charge is 2.16. The van der Waals surface area contributed by atoms with Gasteiger partial charge in [0.25, 0.3) is 0 Å². The zero-order valence-corrected chi connectivity index (χ0v) is 16.9. The number of thiophene rings is 1. The summed E-state index contributed by atoms with van der Waals surface area (Å²) in [6.45, 7) is 2.07. The fourth-order valence-electron chi connectivity index (χ4n) is 3.77. The third kappa shape index (κ3) is 2.63. The van der Waals surface area contributed by atoms with Gasteiger partial charge in [0.05, 0.1) is 16.4 Å². The van der Waals surface area contributed by atoms with Crippen molar-refractivity contribution in [2.45, 2.75) is 6.92 Å². The second-order valence-electron chi connectivity index (χ2n) is 7.15. The maximum Gasteiger partial charge on any atom is 0.159 e. The summed E-state index contributed by atoms with van der Waals surface area (Å²) in [7, 11) is 0. The lowest BCUT2D eigenvalue weighted by atomic mass is 10.0. The molecule has 0 spiro atoms. The lowest BCUT2D eigenvalue weighted by Crippen LogP contribution is -1.87. The number of aromatic amines is 2. The number of pyridine rings is 2. The zero-order valence-electron chi connectivity index (χ0n) is 16.0. The fraction of sp³-hybridized carbons (Fsp3) is 0.0435. The molecule has 0 atom stereocenters. The number of hydrogen-bond acceptors (Lipinski definition) is 5. The van der Waals surface area contributed by atoms with Gasteiger partial charge >= 0.3 is 0 Å². The van der Waals surface area contributed by atoms with Crippen LogP contribution in [0.15, 0.2) is 66.4 Å². The Morgan fingerprint density at radius 3 is 2.83 bits per heavy atom. The smallest absolute Gasteiger partial charge is 0.159 e. The molecule has 0 fully saturated rings. The topological polar surface area (TPSA) is 83.1 Å². The van der Waals surface area contributed by atoms with E-state index >= 15 is 0 Å². The van der Waals surface area contributed by atoms with E-state index in [0.717, 1.165) is 55.8 Å². The molecule has 6 aromatic rings. The molecular weight excluding hydrogens is 392 g/mol. The maximum absolute atomic E-state index is 4.91. The van der Waals surface area contributed by atoms with E-state index in [1.54, 1.807) is 17.5 Å². The second-order valence-corrected chi connectivity index (χ2v) is 8.10. The number of hydrogen-bond donors (Lipinski definition) is 2. The number of nitrogens with one attached hydrogen (secondary N) is 2. The normalized spacial score (nSPS) is 11.5. The van der Waals surface area contributed by atoms with E-state index in [4.69, 9.17) is 4.98 Å². The van der Waals surface area contributed by atoms with Crippen LogP contribution in [0.5, 0.6) is 0 Å². The molecule has 30 heavy (non-hydrogen) atoms.